The molecule has 1 saturated heterocycles. The third kappa shape index (κ3) is 6.68. The molecule has 0 atom stereocenters. The van der Waals surface area contributed by atoms with E-state index in [0.29, 0.717) is 26.3 Å². The van der Waals surface area contributed by atoms with Gasteiger partial charge in [0.15, 0.2) is 11.7 Å². The first-order valence-corrected chi connectivity index (χ1v) is 9.99. The van der Waals surface area contributed by atoms with Gasteiger partial charge in [-0.05, 0) is 36.8 Å². The van der Waals surface area contributed by atoms with Gasteiger partial charge in [0.05, 0.1) is 26.0 Å². The van der Waals surface area contributed by atoms with Gasteiger partial charge >= 0.3 is 0 Å². The van der Waals surface area contributed by atoms with Gasteiger partial charge in [0.2, 0.25) is 0 Å². The Morgan fingerprint density at radius 1 is 1.11 bits per heavy atom. The van der Waals surface area contributed by atoms with Gasteiger partial charge < -0.3 is 24.5 Å². The molecule has 6 nitrogen and oxygen atoms in total. The molecule has 0 saturated carbocycles. The van der Waals surface area contributed by atoms with Crippen molar-refractivity contribution >= 4 is 21.9 Å². The SMILES string of the molecule is CC1(CCNC(=NCc2ccc(Br)cc2)NCCc2ccco2)OCCO1. The summed E-state index contributed by atoms with van der Waals surface area (Å²) in [7, 11) is 0. The maximum atomic E-state index is 5.65. The van der Waals surface area contributed by atoms with Crippen LogP contribution >= 0.6 is 15.9 Å². The summed E-state index contributed by atoms with van der Waals surface area (Å²) < 4.78 is 17.8. The second-order valence-electron chi connectivity index (χ2n) is 6.55. The van der Waals surface area contributed by atoms with Gasteiger partial charge in [0, 0.05) is 30.4 Å². The van der Waals surface area contributed by atoms with Crippen LogP contribution in [0.3, 0.4) is 0 Å². The van der Waals surface area contributed by atoms with Crippen LogP contribution in [0.4, 0.5) is 0 Å². The van der Waals surface area contributed by atoms with Gasteiger partial charge in [-0.25, -0.2) is 4.99 Å². The smallest absolute Gasteiger partial charge is 0.191 e. The number of ether oxygens (including phenoxy) is 2. The Labute approximate surface area is 168 Å². The van der Waals surface area contributed by atoms with Crippen molar-refractivity contribution in [2.45, 2.75) is 32.1 Å². The molecule has 0 unspecified atom stereocenters. The zero-order chi connectivity index (χ0) is 19.0. The molecule has 0 aliphatic carbocycles. The van der Waals surface area contributed by atoms with E-state index in [4.69, 9.17) is 18.9 Å². The molecule has 0 spiro atoms. The van der Waals surface area contributed by atoms with Crippen molar-refractivity contribution in [1.82, 2.24) is 10.6 Å². The number of furan rings is 1. The van der Waals surface area contributed by atoms with Gasteiger partial charge in [-0.15, -0.1) is 0 Å². The predicted molar refractivity (Wildman–Crippen MR) is 109 cm³/mol. The number of nitrogens with zero attached hydrogens (tertiary/aromatic N) is 1. The monoisotopic (exact) mass is 435 g/mol. The third-order valence-corrected chi connectivity index (χ3v) is 4.88. The second kappa shape index (κ2) is 9.92. The maximum Gasteiger partial charge on any atom is 0.191 e. The summed E-state index contributed by atoms with van der Waals surface area (Å²) >= 11 is 3.46. The minimum absolute atomic E-state index is 0.502. The summed E-state index contributed by atoms with van der Waals surface area (Å²) in [4.78, 5) is 4.70. The zero-order valence-electron chi connectivity index (χ0n) is 15.5. The number of halogens is 1. The number of benzene rings is 1. The Kier molecular flexibility index (Phi) is 7.32. The molecule has 2 heterocycles. The molecule has 1 aliphatic rings. The van der Waals surface area contributed by atoms with Crippen LogP contribution in [0.1, 0.15) is 24.7 Å². The molecule has 3 rings (SSSR count). The number of hydrogen-bond acceptors (Lipinski definition) is 4. The Hall–Kier alpha value is -1.83. The average molecular weight is 436 g/mol. The largest absolute Gasteiger partial charge is 0.469 e. The predicted octanol–water partition coefficient (Wildman–Crippen LogP) is 3.47. The van der Waals surface area contributed by atoms with Crippen LogP contribution in [0.2, 0.25) is 0 Å². The van der Waals surface area contributed by atoms with E-state index in [1.807, 2.05) is 31.2 Å². The lowest BCUT2D eigenvalue weighted by Crippen LogP contribution is -2.41. The lowest BCUT2D eigenvalue weighted by Gasteiger charge is -2.23. The quantitative estimate of drug-likeness (QED) is 0.490. The maximum absolute atomic E-state index is 5.65. The molecule has 7 heteroatoms. The lowest BCUT2D eigenvalue weighted by atomic mass is 10.2. The van der Waals surface area contributed by atoms with Crippen molar-refractivity contribution in [2.75, 3.05) is 26.3 Å². The fourth-order valence-electron chi connectivity index (χ4n) is 2.80. The van der Waals surface area contributed by atoms with Crippen LogP contribution in [-0.2, 0) is 22.4 Å². The topological polar surface area (TPSA) is 68.0 Å². The minimum atomic E-state index is -0.502. The van der Waals surface area contributed by atoms with Crippen LogP contribution in [0.5, 0.6) is 0 Å². The highest BCUT2D eigenvalue weighted by atomic mass is 79.9. The van der Waals surface area contributed by atoms with E-state index in [1.165, 1.54) is 0 Å². The van der Waals surface area contributed by atoms with Gasteiger partial charge in [0.1, 0.15) is 5.76 Å². The summed E-state index contributed by atoms with van der Waals surface area (Å²) in [6.45, 7) is 5.34. The number of hydrogen-bond donors (Lipinski definition) is 2. The molecule has 1 fully saturated rings. The van der Waals surface area contributed by atoms with Gasteiger partial charge in [-0.2, -0.15) is 0 Å². The highest BCUT2D eigenvalue weighted by Crippen LogP contribution is 2.21. The van der Waals surface area contributed by atoms with Gasteiger partial charge in [0.25, 0.3) is 0 Å². The number of nitrogens with one attached hydrogen (secondary N) is 2. The number of guanidine groups is 1. The summed E-state index contributed by atoms with van der Waals surface area (Å²) in [6, 6.07) is 12.1. The fourth-order valence-corrected chi connectivity index (χ4v) is 3.07. The first-order chi connectivity index (χ1) is 13.1. The molecular weight excluding hydrogens is 410 g/mol. The highest BCUT2D eigenvalue weighted by Gasteiger charge is 2.30. The third-order valence-electron chi connectivity index (χ3n) is 4.35. The molecule has 2 aromatic rings. The number of aliphatic imine (C=N–C) groups is 1. The van der Waals surface area contributed by atoms with Crippen LogP contribution in [0, 0.1) is 0 Å². The molecule has 146 valence electrons. The molecule has 1 aliphatic heterocycles. The summed E-state index contributed by atoms with van der Waals surface area (Å²) in [5.74, 6) is 1.22. The molecule has 2 N–H and O–H groups in total. The van der Waals surface area contributed by atoms with E-state index >= 15 is 0 Å². The lowest BCUT2D eigenvalue weighted by molar-refractivity contribution is -0.145. The Balaban J connectivity index is 1.52. The molecular formula is C20H26BrN3O3. The van der Waals surface area contributed by atoms with E-state index < -0.39 is 5.79 Å². The standard InChI is InChI=1S/C20H26BrN3O3/c1-20(26-13-14-27-20)9-11-23-19(22-10-8-18-3-2-12-25-18)24-15-16-4-6-17(21)7-5-16/h2-7,12H,8-11,13-15H2,1H3,(H2,22,23,24). The van der Waals surface area contributed by atoms with E-state index in [0.717, 1.165) is 41.1 Å². The van der Waals surface area contributed by atoms with Crippen LogP contribution in [0.15, 0.2) is 56.5 Å². The van der Waals surface area contributed by atoms with E-state index in [2.05, 4.69) is 38.7 Å². The molecule has 0 radical (unpaired) electrons. The van der Waals surface area contributed by atoms with E-state index in [1.54, 1.807) is 6.26 Å². The van der Waals surface area contributed by atoms with Crippen LogP contribution in [0.25, 0.3) is 0 Å². The highest BCUT2D eigenvalue weighted by molar-refractivity contribution is 9.10. The molecule has 27 heavy (non-hydrogen) atoms. The molecule has 1 aromatic heterocycles. The first-order valence-electron chi connectivity index (χ1n) is 9.20. The van der Waals surface area contributed by atoms with Crippen molar-refractivity contribution in [1.29, 1.82) is 0 Å². The van der Waals surface area contributed by atoms with Crippen molar-refractivity contribution in [3.63, 3.8) is 0 Å². The van der Waals surface area contributed by atoms with Crippen molar-refractivity contribution < 1.29 is 13.9 Å². The second-order valence-corrected chi connectivity index (χ2v) is 7.47. The summed E-state index contributed by atoms with van der Waals surface area (Å²) in [5.41, 5.74) is 1.15. The van der Waals surface area contributed by atoms with E-state index in [-0.39, 0.29) is 0 Å². The van der Waals surface area contributed by atoms with Crippen molar-refractivity contribution in [2.24, 2.45) is 4.99 Å². The van der Waals surface area contributed by atoms with Crippen molar-refractivity contribution in [3.8, 4) is 0 Å². The van der Waals surface area contributed by atoms with Gasteiger partial charge in [-0.1, -0.05) is 28.1 Å². The van der Waals surface area contributed by atoms with Gasteiger partial charge in [-0.3, -0.25) is 0 Å². The van der Waals surface area contributed by atoms with E-state index in [9.17, 15) is 0 Å². The summed E-state index contributed by atoms with van der Waals surface area (Å²) in [5, 5.41) is 6.74. The molecule has 0 amide bonds. The Bertz CT molecular complexity index is 711. The Morgan fingerprint density at radius 3 is 2.56 bits per heavy atom. The zero-order valence-corrected chi connectivity index (χ0v) is 17.1. The number of rotatable bonds is 8. The minimum Gasteiger partial charge on any atom is -0.469 e. The fraction of sp³-hybridized carbons (Fsp3) is 0.450. The average Bonchev–Trinajstić information content (AvgIpc) is 3.33. The Morgan fingerprint density at radius 2 is 1.85 bits per heavy atom. The van der Waals surface area contributed by atoms with Crippen molar-refractivity contribution in [3.05, 3.63) is 58.5 Å². The first kappa shape index (κ1) is 19.9. The molecule has 0 bridgehead atoms. The molecule has 1 aromatic carbocycles. The normalized spacial score (nSPS) is 16.4. The van der Waals surface area contributed by atoms with Crippen LogP contribution < -0.4 is 10.6 Å². The summed E-state index contributed by atoms with van der Waals surface area (Å²) in [6.07, 6.45) is 3.25. The van der Waals surface area contributed by atoms with Crippen LogP contribution in [-0.4, -0.2) is 38.0 Å².